The Morgan fingerprint density at radius 1 is 1.23 bits per heavy atom. The molecule has 1 aromatic carbocycles. The number of carbonyl (C=O) groups excluding carboxylic acids is 1. The maximum atomic E-state index is 12.1. The average Bonchev–Trinajstić information content (AvgIpc) is 2.53. The molecule has 0 heterocycles. The van der Waals surface area contributed by atoms with Crippen LogP contribution in [0.15, 0.2) is 49.6 Å². The van der Waals surface area contributed by atoms with Crippen LogP contribution >= 0.6 is 0 Å². The Labute approximate surface area is 132 Å². The molecule has 0 aliphatic rings. The Morgan fingerprint density at radius 3 is 2.45 bits per heavy atom. The van der Waals surface area contributed by atoms with Crippen LogP contribution in [0.2, 0.25) is 0 Å². The van der Waals surface area contributed by atoms with Gasteiger partial charge in [-0.3, -0.25) is 4.79 Å². The third-order valence-electron chi connectivity index (χ3n) is 2.95. The van der Waals surface area contributed by atoms with Gasteiger partial charge in [0.15, 0.2) is 18.1 Å². The Morgan fingerprint density at radius 2 is 1.91 bits per heavy atom. The molecule has 0 atom stereocenters. The first-order valence-electron chi connectivity index (χ1n) is 7.09. The van der Waals surface area contributed by atoms with Gasteiger partial charge in [0, 0.05) is 13.1 Å². The Balaban J connectivity index is 2.75. The number of hydrogen-bond donors (Lipinski definition) is 0. The van der Waals surface area contributed by atoms with Crippen LogP contribution in [-0.2, 0) is 4.79 Å². The van der Waals surface area contributed by atoms with Gasteiger partial charge in [-0.05, 0) is 24.6 Å². The fourth-order valence-electron chi connectivity index (χ4n) is 1.92. The van der Waals surface area contributed by atoms with Crippen molar-refractivity contribution in [3.63, 3.8) is 0 Å². The first-order chi connectivity index (χ1) is 10.7. The SMILES string of the molecule is C=CCN(CC=C)C(=O)COc1ccc(C=CC)cc1OC. The van der Waals surface area contributed by atoms with E-state index in [1.807, 2.05) is 31.2 Å². The molecule has 4 nitrogen and oxygen atoms in total. The molecule has 0 spiro atoms. The number of rotatable bonds is 9. The molecule has 0 aliphatic heterocycles. The molecule has 0 fully saturated rings. The van der Waals surface area contributed by atoms with Gasteiger partial charge in [-0.1, -0.05) is 30.4 Å². The second kappa shape index (κ2) is 9.45. The van der Waals surface area contributed by atoms with E-state index < -0.39 is 0 Å². The third kappa shape index (κ3) is 5.13. The number of benzene rings is 1. The topological polar surface area (TPSA) is 38.8 Å². The number of carbonyl (C=O) groups is 1. The van der Waals surface area contributed by atoms with E-state index in [9.17, 15) is 4.79 Å². The molecule has 0 aromatic heterocycles. The Bertz CT molecular complexity index is 539. The monoisotopic (exact) mass is 301 g/mol. The molecule has 1 aromatic rings. The quantitative estimate of drug-likeness (QED) is 0.657. The summed E-state index contributed by atoms with van der Waals surface area (Å²) in [5.74, 6) is 1.02. The second-order valence-electron chi connectivity index (χ2n) is 4.58. The summed E-state index contributed by atoms with van der Waals surface area (Å²) in [4.78, 5) is 13.7. The van der Waals surface area contributed by atoms with Crippen LogP contribution in [0.5, 0.6) is 11.5 Å². The summed E-state index contributed by atoms with van der Waals surface area (Å²) in [6.07, 6.45) is 7.26. The summed E-state index contributed by atoms with van der Waals surface area (Å²) in [6.45, 7) is 10.1. The lowest BCUT2D eigenvalue weighted by molar-refractivity contribution is -0.132. The molecule has 22 heavy (non-hydrogen) atoms. The summed E-state index contributed by atoms with van der Waals surface area (Å²) < 4.78 is 10.9. The largest absolute Gasteiger partial charge is 0.493 e. The number of nitrogens with zero attached hydrogens (tertiary/aromatic N) is 1. The number of allylic oxidation sites excluding steroid dienone is 1. The maximum absolute atomic E-state index is 12.1. The fraction of sp³-hybridized carbons (Fsp3) is 0.278. The van der Waals surface area contributed by atoms with Crippen LogP contribution in [-0.4, -0.2) is 37.6 Å². The number of amides is 1. The van der Waals surface area contributed by atoms with E-state index in [0.717, 1.165) is 5.56 Å². The Hall–Kier alpha value is -2.49. The van der Waals surface area contributed by atoms with E-state index >= 15 is 0 Å². The summed E-state index contributed by atoms with van der Waals surface area (Å²) in [7, 11) is 1.57. The molecule has 0 radical (unpaired) electrons. The predicted octanol–water partition coefficient (Wildman–Crippen LogP) is 3.31. The van der Waals surface area contributed by atoms with Crippen molar-refractivity contribution < 1.29 is 14.3 Å². The zero-order chi connectivity index (χ0) is 16.4. The minimum Gasteiger partial charge on any atom is -0.493 e. The Kier molecular flexibility index (Phi) is 7.54. The van der Waals surface area contributed by atoms with Crippen molar-refractivity contribution in [2.45, 2.75) is 6.92 Å². The molecule has 0 N–H and O–H groups in total. The van der Waals surface area contributed by atoms with Crippen molar-refractivity contribution in [1.82, 2.24) is 4.90 Å². The molecule has 0 unspecified atom stereocenters. The highest BCUT2D eigenvalue weighted by Gasteiger charge is 2.13. The standard InChI is InChI=1S/C18H23NO3/c1-5-8-15-9-10-16(17(13-15)21-4)22-14-18(20)19(11-6-2)12-7-3/h5-10,13H,2-3,11-12,14H2,1,4H3. The highest BCUT2D eigenvalue weighted by atomic mass is 16.5. The van der Waals surface area contributed by atoms with Crippen molar-refractivity contribution in [3.8, 4) is 11.5 Å². The normalized spacial score (nSPS) is 10.3. The minimum absolute atomic E-state index is 0.0546. The van der Waals surface area contributed by atoms with Gasteiger partial charge in [0.2, 0.25) is 0 Å². The highest BCUT2D eigenvalue weighted by molar-refractivity contribution is 5.78. The predicted molar refractivity (Wildman–Crippen MR) is 90.2 cm³/mol. The van der Waals surface area contributed by atoms with E-state index in [0.29, 0.717) is 24.6 Å². The lowest BCUT2D eigenvalue weighted by atomic mass is 10.2. The molecule has 0 saturated heterocycles. The van der Waals surface area contributed by atoms with Gasteiger partial charge in [0.1, 0.15) is 0 Å². The molecule has 0 aliphatic carbocycles. The summed E-state index contributed by atoms with van der Waals surface area (Å²) in [5.41, 5.74) is 1.01. The zero-order valence-corrected chi connectivity index (χ0v) is 13.2. The van der Waals surface area contributed by atoms with Crippen LogP contribution in [0.4, 0.5) is 0 Å². The molecular weight excluding hydrogens is 278 g/mol. The van der Waals surface area contributed by atoms with Gasteiger partial charge in [-0.25, -0.2) is 0 Å². The number of ether oxygens (including phenoxy) is 2. The molecule has 1 amide bonds. The molecule has 1 rings (SSSR count). The van der Waals surface area contributed by atoms with Crippen LogP contribution in [0.3, 0.4) is 0 Å². The third-order valence-corrected chi connectivity index (χ3v) is 2.95. The van der Waals surface area contributed by atoms with Gasteiger partial charge < -0.3 is 14.4 Å². The lowest BCUT2D eigenvalue weighted by Crippen LogP contribution is -2.35. The van der Waals surface area contributed by atoms with Crippen molar-refractivity contribution in [1.29, 1.82) is 0 Å². The van der Waals surface area contributed by atoms with Crippen molar-refractivity contribution >= 4 is 12.0 Å². The van der Waals surface area contributed by atoms with E-state index in [-0.39, 0.29) is 12.5 Å². The molecule has 4 heteroatoms. The van der Waals surface area contributed by atoms with E-state index in [1.165, 1.54) is 0 Å². The summed E-state index contributed by atoms with van der Waals surface area (Å²) in [6, 6.07) is 5.57. The van der Waals surface area contributed by atoms with Gasteiger partial charge in [0.05, 0.1) is 7.11 Å². The minimum atomic E-state index is -0.126. The summed E-state index contributed by atoms with van der Waals surface area (Å²) in [5, 5.41) is 0. The smallest absolute Gasteiger partial charge is 0.261 e. The van der Waals surface area contributed by atoms with Crippen LogP contribution in [0.1, 0.15) is 12.5 Å². The molecule has 0 saturated carbocycles. The fourth-order valence-corrected chi connectivity index (χ4v) is 1.92. The maximum Gasteiger partial charge on any atom is 0.261 e. The van der Waals surface area contributed by atoms with E-state index in [1.54, 1.807) is 30.2 Å². The van der Waals surface area contributed by atoms with Gasteiger partial charge in [-0.2, -0.15) is 0 Å². The number of methoxy groups -OCH3 is 1. The van der Waals surface area contributed by atoms with Gasteiger partial charge in [0.25, 0.3) is 5.91 Å². The molecular formula is C18H23NO3. The van der Waals surface area contributed by atoms with Crippen molar-refractivity contribution in [2.24, 2.45) is 0 Å². The first-order valence-corrected chi connectivity index (χ1v) is 7.09. The first kappa shape index (κ1) is 17.6. The van der Waals surface area contributed by atoms with Gasteiger partial charge in [-0.15, -0.1) is 13.2 Å². The average molecular weight is 301 g/mol. The molecule has 118 valence electrons. The van der Waals surface area contributed by atoms with E-state index in [2.05, 4.69) is 13.2 Å². The lowest BCUT2D eigenvalue weighted by Gasteiger charge is -2.19. The van der Waals surface area contributed by atoms with Crippen LogP contribution in [0, 0.1) is 0 Å². The van der Waals surface area contributed by atoms with Gasteiger partial charge >= 0.3 is 0 Å². The van der Waals surface area contributed by atoms with Crippen molar-refractivity contribution in [2.75, 3.05) is 26.8 Å². The zero-order valence-electron chi connectivity index (χ0n) is 13.2. The number of hydrogen-bond acceptors (Lipinski definition) is 3. The van der Waals surface area contributed by atoms with E-state index in [4.69, 9.17) is 9.47 Å². The highest BCUT2D eigenvalue weighted by Crippen LogP contribution is 2.28. The van der Waals surface area contributed by atoms with Crippen LogP contribution < -0.4 is 9.47 Å². The second-order valence-corrected chi connectivity index (χ2v) is 4.58. The van der Waals surface area contributed by atoms with Crippen LogP contribution in [0.25, 0.3) is 6.08 Å². The molecule has 0 bridgehead atoms. The summed E-state index contributed by atoms with van der Waals surface area (Å²) >= 11 is 0. The van der Waals surface area contributed by atoms with Crippen molar-refractivity contribution in [3.05, 3.63) is 55.1 Å².